The van der Waals surface area contributed by atoms with Gasteiger partial charge in [-0.15, -0.1) is 0 Å². The van der Waals surface area contributed by atoms with Crippen LogP contribution >= 0.6 is 0 Å². The van der Waals surface area contributed by atoms with Gasteiger partial charge in [-0.1, -0.05) is 26.2 Å². The molecule has 0 aromatic rings. The van der Waals surface area contributed by atoms with Gasteiger partial charge in [-0.2, -0.15) is 0 Å². The smallest absolute Gasteiger partial charge is 0.253 e. The lowest BCUT2D eigenvalue weighted by Gasteiger charge is -2.15. The van der Waals surface area contributed by atoms with Crippen LogP contribution in [0.4, 0.5) is 0 Å². The van der Waals surface area contributed by atoms with Crippen LogP contribution in [0.15, 0.2) is 12.2 Å². The maximum absolute atomic E-state index is 11.3. The van der Waals surface area contributed by atoms with Crippen molar-refractivity contribution in [3.05, 3.63) is 12.2 Å². The molecule has 2 amide bonds. The summed E-state index contributed by atoms with van der Waals surface area (Å²) < 4.78 is 0. The highest BCUT2D eigenvalue weighted by atomic mass is 16.2. The van der Waals surface area contributed by atoms with Gasteiger partial charge in [0.2, 0.25) is 0 Å². The predicted molar refractivity (Wildman–Crippen MR) is 79.2 cm³/mol. The second-order valence-electron chi connectivity index (χ2n) is 6.12. The summed E-state index contributed by atoms with van der Waals surface area (Å²) in [6.45, 7) is 6.68. The Labute approximate surface area is 121 Å². The van der Waals surface area contributed by atoms with Crippen molar-refractivity contribution in [1.29, 1.82) is 0 Å². The summed E-state index contributed by atoms with van der Waals surface area (Å²) in [6.07, 6.45) is 9.84. The van der Waals surface area contributed by atoms with E-state index in [2.05, 4.69) is 11.8 Å². The largest absolute Gasteiger partial charge is 0.303 e. The van der Waals surface area contributed by atoms with E-state index in [1.54, 1.807) is 0 Å². The number of likely N-dealkylation sites (tertiary alicyclic amines) is 1. The average molecular weight is 278 g/mol. The zero-order valence-corrected chi connectivity index (χ0v) is 12.5. The second kappa shape index (κ2) is 7.58. The van der Waals surface area contributed by atoms with Gasteiger partial charge in [0.05, 0.1) is 0 Å². The molecular formula is C16H26N2O2. The van der Waals surface area contributed by atoms with Gasteiger partial charge in [-0.25, -0.2) is 0 Å². The first-order valence-corrected chi connectivity index (χ1v) is 7.92. The van der Waals surface area contributed by atoms with Crippen molar-refractivity contribution >= 4 is 11.8 Å². The van der Waals surface area contributed by atoms with E-state index in [9.17, 15) is 9.59 Å². The molecule has 1 fully saturated rings. The summed E-state index contributed by atoms with van der Waals surface area (Å²) in [7, 11) is 0. The first-order chi connectivity index (χ1) is 9.66. The maximum Gasteiger partial charge on any atom is 0.253 e. The SMILES string of the molecule is C[C@H]1CCN(CCCCCCCN2C(=O)C=CC2=O)C1. The number of hydrogen-bond acceptors (Lipinski definition) is 3. The molecule has 4 nitrogen and oxygen atoms in total. The molecule has 0 unspecified atom stereocenters. The third kappa shape index (κ3) is 4.44. The topological polar surface area (TPSA) is 40.6 Å². The number of carbonyl (C=O) groups excluding carboxylic acids is 2. The van der Waals surface area contributed by atoms with Crippen LogP contribution in [-0.4, -0.2) is 47.8 Å². The Morgan fingerprint density at radius 2 is 1.60 bits per heavy atom. The zero-order chi connectivity index (χ0) is 14.4. The molecule has 2 heterocycles. The van der Waals surface area contributed by atoms with Crippen molar-refractivity contribution in [3.63, 3.8) is 0 Å². The molecule has 0 aliphatic carbocycles. The number of carbonyl (C=O) groups is 2. The van der Waals surface area contributed by atoms with E-state index in [1.165, 1.54) is 62.4 Å². The third-order valence-corrected chi connectivity index (χ3v) is 4.26. The summed E-state index contributed by atoms with van der Waals surface area (Å²) in [5.41, 5.74) is 0. The van der Waals surface area contributed by atoms with Crippen molar-refractivity contribution in [2.75, 3.05) is 26.2 Å². The summed E-state index contributed by atoms with van der Waals surface area (Å²) in [5.74, 6) is 0.565. The molecule has 0 aromatic heterocycles. The molecule has 2 aliphatic rings. The van der Waals surface area contributed by atoms with Crippen molar-refractivity contribution in [2.24, 2.45) is 5.92 Å². The van der Waals surface area contributed by atoms with Crippen LogP contribution in [0.25, 0.3) is 0 Å². The highest BCUT2D eigenvalue weighted by Gasteiger charge is 2.22. The molecule has 20 heavy (non-hydrogen) atoms. The monoisotopic (exact) mass is 278 g/mol. The zero-order valence-electron chi connectivity index (χ0n) is 12.5. The van der Waals surface area contributed by atoms with Crippen LogP contribution in [0.2, 0.25) is 0 Å². The number of rotatable bonds is 8. The van der Waals surface area contributed by atoms with Gasteiger partial charge >= 0.3 is 0 Å². The number of imide groups is 1. The Morgan fingerprint density at radius 1 is 1.00 bits per heavy atom. The van der Waals surface area contributed by atoms with Gasteiger partial charge in [0.15, 0.2) is 0 Å². The number of amides is 2. The Morgan fingerprint density at radius 3 is 2.20 bits per heavy atom. The standard InChI is InChI=1S/C16H26N2O2/c1-14-9-12-17(13-14)10-5-3-2-4-6-11-18-15(19)7-8-16(18)20/h7-8,14H,2-6,9-13H2,1H3/t14-/m0/s1. The average Bonchev–Trinajstić information content (AvgIpc) is 2.97. The van der Waals surface area contributed by atoms with Crippen molar-refractivity contribution in [1.82, 2.24) is 9.80 Å². The molecule has 1 atom stereocenters. The molecule has 0 bridgehead atoms. The Hall–Kier alpha value is -1.16. The molecule has 0 radical (unpaired) electrons. The molecule has 0 saturated carbocycles. The highest BCUT2D eigenvalue weighted by molar-refractivity contribution is 6.12. The minimum Gasteiger partial charge on any atom is -0.303 e. The van der Waals surface area contributed by atoms with E-state index in [1.807, 2.05) is 0 Å². The van der Waals surface area contributed by atoms with Crippen LogP contribution < -0.4 is 0 Å². The van der Waals surface area contributed by atoms with E-state index < -0.39 is 0 Å². The first-order valence-electron chi connectivity index (χ1n) is 7.92. The fraction of sp³-hybridized carbons (Fsp3) is 0.750. The van der Waals surface area contributed by atoms with Crippen LogP contribution in [0.5, 0.6) is 0 Å². The molecule has 2 aliphatic heterocycles. The normalized spacial score (nSPS) is 23.2. The fourth-order valence-corrected chi connectivity index (χ4v) is 3.02. The fourth-order valence-electron chi connectivity index (χ4n) is 3.02. The van der Waals surface area contributed by atoms with Crippen LogP contribution in [0, 0.1) is 5.92 Å². The molecule has 1 saturated heterocycles. The quantitative estimate of drug-likeness (QED) is 0.505. The first kappa shape index (κ1) is 15.2. The lowest BCUT2D eigenvalue weighted by atomic mass is 10.1. The van der Waals surface area contributed by atoms with Gasteiger partial charge in [0, 0.05) is 25.2 Å². The van der Waals surface area contributed by atoms with Gasteiger partial charge in [-0.3, -0.25) is 14.5 Å². The summed E-state index contributed by atoms with van der Waals surface area (Å²) in [4.78, 5) is 26.6. The van der Waals surface area contributed by atoms with E-state index in [0.29, 0.717) is 6.54 Å². The molecule has 0 aromatic carbocycles. The van der Waals surface area contributed by atoms with Crippen LogP contribution in [0.3, 0.4) is 0 Å². The molecule has 0 spiro atoms. The Bertz CT molecular complexity index is 361. The molecular weight excluding hydrogens is 252 g/mol. The van der Waals surface area contributed by atoms with Gasteiger partial charge in [0.25, 0.3) is 11.8 Å². The lowest BCUT2D eigenvalue weighted by molar-refractivity contribution is -0.136. The van der Waals surface area contributed by atoms with E-state index >= 15 is 0 Å². The molecule has 4 heteroatoms. The molecule has 2 rings (SSSR count). The van der Waals surface area contributed by atoms with Crippen LogP contribution in [0.1, 0.15) is 45.4 Å². The summed E-state index contributed by atoms with van der Waals surface area (Å²) in [5, 5.41) is 0. The predicted octanol–water partition coefficient (Wildman–Crippen LogP) is 2.20. The Balaban J connectivity index is 1.44. The van der Waals surface area contributed by atoms with Gasteiger partial charge < -0.3 is 4.90 Å². The minimum absolute atomic E-state index is 0.154. The molecule has 0 N–H and O–H groups in total. The van der Waals surface area contributed by atoms with Crippen molar-refractivity contribution in [2.45, 2.75) is 45.4 Å². The van der Waals surface area contributed by atoms with Crippen molar-refractivity contribution < 1.29 is 9.59 Å². The van der Waals surface area contributed by atoms with E-state index in [4.69, 9.17) is 0 Å². The number of nitrogens with zero attached hydrogens (tertiary/aromatic N) is 2. The summed E-state index contributed by atoms with van der Waals surface area (Å²) >= 11 is 0. The lowest BCUT2D eigenvalue weighted by Crippen LogP contribution is -2.30. The van der Waals surface area contributed by atoms with E-state index in [-0.39, 0.29) is 11.8 Å². The van der Waals surface area contributed by atoms with Gasteiger partial charge in [0.1, 0.15) is 0 Å². The highest BCUT2D eigenvalue weighted by Crippen LogP contribution is 2.16. The third-order valence-electron chi connectivity index (χ3n) is 4.26. The number of unbranched alkanes of at least 4 members (excludes halogenated alkanes) is 4. The number of hydrogen-bond donors (Lipinski definition) is 0. The van der Waals surface area contributed by atoms with Gasteiger partial charge in [-0.05, 0) is 38.3 Å². The van der Waals surface area contributed by atoms with Crippen molar-refractivity contribution in [3.8, 4) is 0 Å². The molecule has 112 valence electrons. The maximum atomic E-state index is 11.3. The summed E-state index contributed by atoms with van der Waals surface area (Å²) in [6, 6.07) is 0. The second-order valence-corrected chi connectivity index (χ2v) is 6.12. The van der Waals surface area contributed by atoms with E-state index in [0.717, 1.165) is 18.8 Å². The Kier molecular flexibility index (Phi) is 5.77. The van der Waals surface area contributed by atoms with Crippen LogP contribution in [-0.2, 0) is 9.59 Å². The minimum atomic E-state index is -0.154.